The molecule has 1 aliphatic heterocycles. The minimum atomic E-state index is 0.0738. The molecule has 0 aromatic carbocycles. The minimum absolute atomic E-state index is 0.0738. The van der Waals surface area contributed by atoms with Gasteiger partial charge in [0.15, 0.2) is 5.11 Å². The molecule has 4 nitrogen and oxygen atoms in total. The predicted molar refractivity (Wildman–Crippen MR) is 83.2 cm³/mol. The van der Waals surface area contributed by atoms with Gasteiger partial charge in [-0.05, 0) is 50.3 Å². The lowest BCUT2D eigenvalue weighted by Crippen LogP contribution is -2.35. The van der Waals surface area contributed by atoms with Crippen molar-refractivity contribution in [3.05, 3.63) is 54.1 Å². The van der Waals surface area contributed by atoms with Crippen molar-refractivity contribution < 1.29 is 0 Å². The number of H-pyrrole nitrogens is 1. The first-order valence-electron chi connectivity index (χ1n) is 6.81. The van der Waals surface area contributed by atoms with Gasteiger partial charge in [-0.2, -0.15) is 0 Å². The SMILES string of the molecule is CC(C)N1C(=S)N[C@@H](c2ccccn2)[C@@H]1c1ccc[nH]1. The number of nitrogens with one attached hydrogen (secondary N) is 2. The topological polar surface area (TPSA) is 44.0 Å². The van der Waals surface area contributed by atoms with Gasteiger partial charge < -0.3 is 15.2 Å². The van der Waals surface area contributed by atoms with Crippen molar-refractivity contribution in [3.63, 3.8) is 0 Å². The molecule has 0 amide bonds. The molecule has 2 aromatic heterocycles. The molecule has 2 atom stereocenters. The van der Waals surface area contributed by atoms with Crippen molar-refractivity contribution in [2.45, 2.75) is 32.0 Å². The molecule has 0 saturated carbocycles. The Morgan fingerprint density at radius 2 is 2.10 bits per heavy atom. The fourth-order valence-electron chi connectivity index (χ4n) is 2.78. The third-order valence-corrected chi connectivity index (χ3v) is 3.96. The molecule has 0 radical (unpaired) electrons. The molecule has 0 aliphatic carbocycles. The van der Waals surface area contributed by atoms with Crippen molar-refractivity contribution in [2.75, 3.05) is 0 Å². The zero-order chi connectivity index (χ0) is 14.1. The van der Waals surface area contributed by atoms with Gasteiger partial charge in [0.05, 0.1) is 17.8 Å². The number of rotatable bonds is 3. The first kappa shape index (κ1) is 13.1. The molecule has 20 heavy (non-hydrogen) atoms. The van der Waals surface area contributed by atoms with Crippen LogP contribution in [0.1, 0.15) is 37.3 Å². The van der Waals surface area contributed by atoms with Crippen LogP contribution in [0.25, 0.3) is 0 Å². The number of nitrogens with zero attached hydrogens (tertiary/aromatic N) is 2. The van der Waals surface area contributed by atoms with E-state index >= 15 is 0 Å². The van der Waals surface area contributed by atoms with Crippen LogP contribution in [0.2, 0.25) is 0 Å². The predicted octanol–water partition coefficient (Wildman–Crippen LogP) is 2.79. The van der Waals surface area contributed by atoms with Gasteiger partial charge in [0.25, 0.3) is 0 Å². The summed E-state index contributed by atoms with van der Waals surface area (Å²) in [5, 5.41) is 4.20. The molecular weight excluding hydrogens is 268 g/mol. The van der Waals surface area contributed by atoms with Crippen LogP contribution in [-0.4, -0.2) is 26.0 Å². The van der Waals surface area contributed by atoms with Crippen LogP contribution >= 0.6 is 12.2 Å². The van der Waals surface area contributed by atoms with E-state index < -0.39 is 0 Å². The van der Waals surface area contributed by atoms with E-state index in [4.69, 9.17) is 12.2 Å². The van der Waals surface area contributed by atoms with E-state index in [1.165, 1.54) is 0 Å². The third-order valence-electron chi connectivity index (χ3n) is 3.63. The molecule has 0 spiro atoms. The van der Waals surface area contributed by atoms with Gasteiger partial charge >= 0.3 is 0 Å². The zero-order valence-corrected chi connectivity index (χ0v) is 12.4. The summed E-state index contributed by atoms with van der Waals surface area (Å²) < 4.78 is 0. The number of thiocarbonyl (C=S) groups is 1. The average Bonchev–Trinajstić information content (AvgIpc) is 3.06. The maximum atomic E-state index is 5.52. The molecule has 2 aromatic rings. The van der Waals surface area contributed by atoms with Crippen molar-refractivity contribution in [1.82, 2.24) is 20.2 Å². The van der Waals surface area contributed by atoms with Gasteiger partial charge in [-0.25, -0.2) is 0 Å². The molecule has 1 saturated heterocycles. The number of aromatic nitrogens is 2. The highest BCUT2D eigenvalue weighted by Gasteiger charge is 2.41. The molecule has 0 unspecified atom stereocenters. The molecule has 0 bridgehead atoms. The summed E-state index contributed by atoms with van der Waals surface area (Å²) in [5.74, 6) is 0. The average molecular weight is 286 g/mol. The fourth-order valence-corrected chi connectivity index (χ4v) is 3.23. The molecule has 2 N–H and O–H groups in total. The van der Waals surface area contributed by atoms with Crippen molar-refractivity contribution >= 4 is 17.3 Å². The van der Waals surface area contributed by atoms with E-state index in [-0.39, 0.29) is 12.1 Å². The summed E-state index contributed by atoms with van der Waals surface area (Å²) in [6, 6.07) is 10.7. The largest absolute Gasteiger partial charge is 0.363 e. The van der Waals surface area contributed by atoms with E-state index in [0.29, 0.717) is 6.04 Å². The zero-order valence-electron chi connectivity index (χ0n) is 11.6. The summed E-state index contributed by atoms with van der Waals surface area (Å²) in [4.78, 5) is 10.0. The Morgan fingerprint density at radius 3 is 2.70 bits per heavy atom. The number of hydrogen-bond donors (Lipinski definition) is 2. The lowest BCUT2D eigenvalue weighted by Gasteiger charge is -2.30. The van der Waals surface area contributed by atoms with Gasteiger partial charge in [-0.15, -0.1) is 0 Å². The van der Waals surface area contributed by atoms with Gasteiger partial charge in [0, 0.05) is 24.1 Å². The van der Waals surface area contributed by atoms with Crippen LogP contribution in [-0.2, 0) is 0 Å². The second-order valence-electron chi connectivity index (χ2n) is 5.25. The van der Waals surface area contributed by atoms with Crippen LogP contribution in [0.3, 0.4) is 0 Å². The van der Waals surface area contributed by atoms with E-state index in [1.807, 2.05) is 36.7 Å². The van der Waals surface area contributed by atoms with Crippen molar-refractivity contribution in [3.8, 4) is 0 Å². The Labute approximate surface area is 124 Å². The van der Waals surface area contributed by atoms with Gasteiger partial charge in [0.1, 0.15) is 0 Å². The molecule has 5 heteroatoms. The van der Waals surface area contributed by atoms with Crippen LogP contribution in [0.4, 0.5) is 0 Å². The molecule has 104 valence electrons. The maximum absolute atomic E-state index is 5.52. The normalized spacial score (nSPS) is 22.4. The lowest BCUT2D eigenvalue weighted by molar-refractivity contribution is 0.265. The third kappa shape index (κ3) is 2.18. The van der Waals surface area contributed by atoms with Crippen molar-refractivity contribution in [2.24, 2.45) is 0 Å². The maximum Gasteiger partial charge on any atom is 0.170 e. The van der Waals surface area contributed by atoms with Gasteiger partial charge in [-0.3, -0.25) is 4.98 Å². The Bertz CT molecular complexity index is 579. The molecule has 1 fully saturated rings. The number of hydrogen-bond acceptors (Lipinski definition) is 2. The minimum Gasteiger partial charge on any atom is -0.363 e. The van der Waals surface area contributed by atoms with E-state index in [0.717, 1.165) is 16.5 Å². The van der Waals surface area contributed by atoms with Crippen molar-refractivity contribution in [1.29, 1.82) is 0 Å². The quantitative estimate of drug-likeness (QED) is 0.852. The first-order valence-corrected chi connectivity index (χ1v) is 7.22. The summed E-state index contributed by atoms with van der Waals surface area (Å²) in [6.07, 6.45) is 3.77. The van der Waals surface area contributed by atoms with Gasteiger partial charge in [-0.1, -0.05) is 6.07 Å². The highest BCUT2D eigenvalue weighted by atomic mass is 32.1. The van der Waals surface area contributed by atoms with E-state index in [9.17, 15) is 0 Å². The summed E-state index contributed by atoms with van der Waals surface area (Å²) >= 11 is 5.52. The van der Waals surface area contributed by atoms with Gasteiger partial charge in [0.2, 0.25) is 0 Å². The summed E-state index contributed by atoms with van der Waals surface area (Å²) in [6.45, 7) is 4.31. The molecular formula is C15H18N4S. The Balaban J connectivity index is 2.03. The smallest absolute Gasteiger partial charge is 0.170 e. The second kappa shape index (κ2) is 5.25. The second-order valence-corrected chi connectivity index (χ2v) is 5.64. The van der Waals surface area contributed by atoms with Crippen LogP contribution in [0.5, 0.6) is 0 Å². The fraction of sp³-hybridized carbons (Fsp3) is 0.333. The highest BCUT2D eigenvalue weighted by molar-refractivity contribution is 7.80. The Morgan fingerprint density at radius 1 is 1.25 bits per heavy atom. The van der Waals surface area contributed by atoms with E-state index in [2.05, 4.69) is 40.1 Å². The molecule has 3 heterocycles. The van der Waals surface area contributed by atoms with E-state index in [1.54, 1.807) is 0 Å². The standard InChI is InChI=1S/C15H18N4S/c1-10(2)19-14(12-7-5-9-17-12)13(18-15(19)20)11-6-3-4-8-16-11/h3-10,13-14,17H,1-2H3,(H,18,20)/t13-,14-/m0/s1. The first-order chi connectivity index (χ1) is 9.68. The lowest BCUT2D eigenvalue weighted by atomic mass is 10.0. The monoisotopic (exact) mass is 286 g/mol. The highest BCUT2D eigenvalue weighted by Crippen LogP contribution is 2.38. The number of pyridine rings is 1. The molecule has 3 rings (SSSR count). The Kier molecular flexibility index (Phi) is 3.44. The number of aromatic amines is 1. The Hall–Kier alpha value is -1.88. The summed E-state index contributed by atoms with van der Waals surface area (Å²) in [5.41, 5.74) is 2.17. The molecule has 1 aliphatic rings. The van der Waals surface area contributed by atoms with Crippen LogP contribution in [0.15, 0.2) is 42.7 Å². The summed E-state index contributed by atoms with van der Waals surface area (Å²) in [7, 11) is 0. The van der Waals surface area contributed by atoms with Crippen LogP contribution in [0, 0.1) is 0 Å². The van der Waals surface area contributed by atoms with Crippen LogP contribution < -0.4 is 5.32 Å².